The molecule has 1 unspecified atom stereocenters. The third-order valence-corrected chi connectivity index (χ3v) is 3.41. The first kappa shape index (κ1) is 13.1. The molecular weight excluding hydrogens is 230 g/mol. The lowest BCUT2D eigenvalue weighted by molar-refractivity contribution is 0.0520. The number of carbonyl (C=O) groups is 1. The van der Waals surface area contributed by atoms with Crippen molar-refractivity contribution in [3.63, 3.8) is 0 Å². The predicted molar refractivity (Wildman–Crippen MR) is 68.4 cm³/mol. The number of imidazole rings is 1. The second-order valence-electron chi connectivity index (χ2n) is 4.92. The minimum atomic E-state index is -0.348. The van der Waals surface area contributed by atoms with Crippen molar-refractivity contribution in [1.29, 1.82) is 0 Å². The molecule has 0 N–H and O–H groups in total. The van der Waals surface area contributed by atoms with E-state index in [1.807, 2.05) is 4.57 Å². The molecule has 100 valence electrons. The molecule has 1 aliphatic carbocycles. The van der Waals surface area contributed by atoms with Gasteiger partial charge in [0.15, 0.2) is 5.69 Å². The standard InChI is InChI=1S/C13H21N3O2/c1-4-18-13(17)12-8-16(9-14-12)7-10(2)15(3)11-5-6-11/h8-11H,4-7H2,1-3H3. The van der Waals surface area contributed by atoms with Gasteiger partial charge in [-0.25, -0.2) is 9.78 Å². The Morgan fingerprint density at radius 3 is 3.00 bits per heavy atom. The Morgan fingerprint density at radius 1 is 1.67 bits per heavy atom. The van der Waals surface area contributed by atoms with Crippen molar-refractivity contribution in [3.05, 3.63) is 18.2 Å². The van der Waals surface area contributed by atoms with Gasteiger partial charge in [0.25, 0.3) is 0 Å². The van der Waals surface area contributed by atoms with Crippen LogP contribution in [0.3, 0.4) is 0 Å². The number of rotatable bonds is 6. The van der Waals surface area contributed by atoms with Crippen molar-refractivity contribution in [2.24, 2.45) is 0 Å². The van der Waals surface area contributed by atoms with Gasteiger partial charge in [0.05, 0.1) is 12.9 Å². The average Bonchev–Trinajstić information content (AvgIpc) is 3.09. The van der Waals surface area contributed by atoms with Crippen LogP contribution in [0.5, 0.6) is 0 Å². The Labute approximate surface area is 108 Å². The zero-order chi connectivity index (χ0) is 13.1. The molecule has 1 heterocycles. The minimum Gasteiger partial charge on any atom is -0.461 e. The van der Waals surface area contributed by atoms with Crippen LogP contribution in [0.15, 0.2) is 12.5 Å². The zero-order valence-corrected chi connectivity index (χ0v) is 11.3. The van der Waals surface area contributed by atoms with Gasteiger partial charge in [-0.15, -0.1) is 0 Å². The highest BCUT2D eigenvalue weighted by molar-refractivity contribution is 5.86. The van der Waals surface area contributed by atoms with E-state index in [0.29, 0.717) is 18.3 Å². The molecule has 0 spiro atoms. The van der Waals surface area contributed by atoms with Crippen LogP contribution >= 0.6 is 0 Å². The normalized spacial score (nSPS) is 16.9. The molecule has 0 aliphatic heterocycles. The molecule has 1 aromatic heterocycles. The Kier molecular flexibility index (Phi) is 4.01. The van der Waals surface area contributed by atoms with E-state index in [1.165, 1.54) is 12.8 Å². The minimum absolute atomic E-state index is 0.348. The first-order chi connectivity index (χ1) is 8.61. The SMILES string of the molecule is CCOC(=O)c1cn(CC(C)N(C)C2CC2)cn1. The molecule has 0 amide bonds. The van der Waals surface area contributed by atoms with E-state index in [9.17, 15) is 4.79 Å². The van der Waals surface area contributed by atoms with Gasteiger partial charge in [-0.2, -0.15) is 0 Å². The van der Waals surface area contributed by atoms with Crippen molar-refractivity contribution in [2.45, 2.75) is 45.3 Å². The fourth-order valence-corrected chi connectivity index (χ4v) is 2.05. The Morgan fingerprint density at radius 2 is 2.39 bits per heavy atom. The summed E-state index contributed by atoms with van der Waals surface area (Å²) in [6.45, 7) is 5.22. The molecule has 1 saturated carbocycles. The second kappa shape index (κ2) is 5.52. The van der Waals surface area contributed by atoms with Crippen LogP contribution in [-0.4, -0.2) is 46.2 Å². The maximum absolute atomic E-state index is 11.5. The maximum atomic E-state index is 11.5. The maximum Gasteiger partial charge on any atom is 0.358 e. The third-order valence-electron chi connectivity index (χ3n) is 3.41. The van der Waals surface area contributed by atoms with E-state index >= 15 is 0 Å². The number of hydrogen-bond donors (Lipinski definition) is 0. The van der Waals surface area contributed by atoms with Crippen molar-refractivity contribution in [2.75, 3.05) is 13.7 Å². The molecule has 2 rings (SSSR count). The number of carbonyl (C=O) groups excluding carboxylic acids is 1. The largest absolute Gasteiger partial charge is 0.461 e. The van der Waals surface area contributed by atoms with Crippen molar-refractivity contribution in [1.82, 2.24) is 14.5 Å². The summed E-state index contributed by atoms with van der Waals surface area (Å²) >= 11 is 0. The number of aromatic nitrogens is 2. The fraction of sp³-hybridized carbons (Fsp3) is 0.692. The Hall–Kier alpha value is -1.36. The summed E-state index contributed by atoms with van der Waals surface area (Å²) < 4.78 is 6.87. The number of hydrogen-bond acceptors (Lipinski definition) is 4. The molecule has 1 aliphatic rings. The predicted octanol–water partition coefficient (Wildman–Crippen LogP) is 1.54. The summed E-state index contributed by atoms with van der Waals surface area (Å²) in [6.07, 6.45) is 6.07. The van der Waals surface area contributed by atoms with Gasteiger partial charge in [0.2, 0.25) is 0 Å². The Bertz CT molecular complexity index is 412. The average molecular weight is 251 g/mol. The molecular formula is C13H21N3O2. The van der Waals surface area contributed by atoms with E-state index in [2.05, 4.69) is 23.9 Å². The van der Waals surface area contributed by atoms with Gasteiger partial charge in [0, 0.05) is 24.8 Å². The van der Waals surface area contributed by atoms with E-state index < -0.39 is 0 Å². The van der Waals surface area contributed by atoms with Crippen LogP contribution in [0, 0.1) is 0 Å². The van der Waals surface area contributed by atoms with Crippen molar-refractivity contribution in [3.8, 4) is 0 Å². The summed E-state index contributed by atoms with van der Waals surface area (Å²) in [6, 6.07) is 1.19. The van der Waals surface area contributed by atoms with Gasteiger partial charge >= 0.3 is 5.97 Å². The molecule has 18 heavy (non-hydrogen) atoms. The van der Waals surface area contributed by atoms with Crippen molar-refractivity contribution >= 4 is 5.97 Å². The molecule has 1 aromatic rings. The lowest BCUT2D eigenvalue weighted by atomic mass is 10.3. The third kappa shape index (κ3) is 3.10. The molecule has 0 aromatic carbocycles. The zero-order valence-electron chi connectivity index (χ0n) is 11.3. The molecule has 5 heteroatoms. The van der Waals surface area contributed by atoms with Crippen LogP contribution in [0.4, 0.5) is 0 Å². The topological polar surface area (TPSA) is 47.4 Å². The first-order valence-electron chi connectivity index (χ1n) is 6.52. The molecule has 0 saturated heterocycles. The van der Waals surface area contributed by atoms with E-state index in [0.717, 1.165) is 12.6 Å². The summed E-state index contributed by atoms with van der Waals surface area (Å²) in [5, 5.41) is 0. The lowest BCUT2D eigenvalue weighted by Gasteiger charge is -2.24. The number of ether oxygens (including phenoxy) is 1. The molecule has 0 radical (unpaired) electrons. The Balaban J connectivity index is 1.91. The van der Waals surface area contributed by atoms with Crippen LogP contribution in [-0.2, 0) is 11.3 Å². The number of esters is 1. The molecule has 1 fully saturated rings. The van der Waals surface area contributed by atoms with Gasteiger partial charge in [-0.3, -0.25) is 4.90 Å². The van der Waals surface area contributed by atoms with E-state index in [4.69, 9.17) is 4.74 Å². The first-order valence-corrected chi connectivity index (χ1v) is 6.52. The highest BCUT2D eigenvalue weighted by atomic mass is 16.5. The molecule has 0 bridgehead atoms. The highest BCUT2D eigenvalue weighted by Gasteiger charge is 2.29. The summed E-state index contributed by atoms with van der Waals surface area (Å²) in [5.41, 5.74) is 0.387. The van der Waals surface area contributed by atoms with Gasteiger partial charge in [-0.1, -0.05) is 0 Å². The summed E-state index contributed by atoms with van der Waals surface area (Å²) in [7, 11) is 2.16. The van der Waals surface area contributed by atoms with Crippen LogP contribution < -0.4 is 0 Å². The van der Waals surface area contributed by atoms with Crippen LogP contribution in [0.1, 0.15) is 37.2 Å². The summed E-state index contributed by atoms with van der Waals surface area (Å²) in [4.78, 5) is 18.0. The van der Waals surface area contributed by atoms with Gasteiger partial charge < -0.3 is 9.30 Å². The van der Waals surface area contributed by atoms with E-state index in [-0.39, 0.29) is 5.97 Å². The lowest BCUT2D eigenvalue weighted by Crippen LogP contribution is -2.34. The molecule has 1 atom stereocenters. The van der Waals surface area contributed by atoms with Crippen LogP contribution in [0.25, 0.3) is 0 Å². The van der Waals surface area contributed by atoms with E-state index in [1.54, 1.807) is 19.4 Å². The number of nitrogens with zero attached hydrogens (tertiary/aromatic N) is 3. The molecule has 5 nitrogen and oxygen atoms in total. The monoisotopic (exact) mass is 251 g/mol. The van der Waals surface area contributed by atoms with Crippen LogP contribution in [0.2, 0.25) is 0 Å². The quantitative estimate of drug-likeness (QED) is 0.720. The summed E-state index contributed by atoms with van der Waals surface area (Å²) in [5.74, 6) is -0.348. The fourth-order valence-electron chi connectivity index (χ4n) is 2.05. The van der Waals surface area contributed by atoms with Gasteiger partial charge in [0.1, 0.15) is 0 Å². The number of likely N-dealkylation sites (N-methyl/N-ethyl adjacent to an activating group) is 1. The smallest absolute Gasteiger partial charge is 0.358 e. The second-order valence-corrected chi connectivity index (χ2v) is 4.92. The van der Waals surface area contributed by atoms with Gasteiger partial charge in [-0.05, 0) is 33.7 Å². The highest BCUT2D eigenvalue weighted by Crippen LogP contribution is 2.27. The van der Waals surface area contributed by atoms with Crippen molar-refractivity contribution < 1.29 is 9.53 Å².